The summed E-state index contributed by atoms with van der Waals surface area (Å²) in [5.74, 6) is 0.270. The van der Waals surface area contributed by atoms with Crippen molar-refractivity contribution in [3.63, 3.8) is 0 Å². The van der Waals surface area contributed by atoms with E-state index in [0.29, 0.717) is 27.3 Å². The topological polar surface area (TPSA) is 169 Å². The van der Waals surface area contributed by atoms with Gasteiger partial charge in [-0.3, -0.25) is 5.32 Å². The van der Waals surface area contributed by atoms with E-state index in [-0.39, 0.29) is 34.6 Å². The second-order valence-corrected chi connectivity index (χ2v) is 6.37. The van der Waals surface area contributed by atoms with E-state index in [1.807, 2.05) is 6.07 Å². The number of nitrogens with zero attached hydrogens (tertiary/aromatic N) is 4. The Morgan fingerprint density at radius 3 is 2.63 bits per heavy atom. The lowest BCUT2D eigenvalue weighted by Crippen LogP contribution is -2.33. The van der Waals surface area contributed by atoms with Gasteiger partial charge >= 0.3 is 0 Å². The Kier molecular flexibility index (Phi) is 4.40. The van der Waals surface area contributed by atoms with Crippen molar-refractivity contribution in [1.82, 2.24) is 10.3 Å². The third-order valence-corrected chi connectivity index (χ3v) is 4.76. The Bertz CT molecular complexity index is 1050. The van der Waals surface area contributed by atoms with Crippen LogP contribution in [0.15, 0.2) is 11.1 Å². The van der Waals surface area contributed by atoms with Gasteiger partial charge < -0.3 is 21.9 Å². The number of benzene rings is 1. The zero-order valence-electron chi connectivity index (χ0n) is 14.4. The lowest BCUT2D eigenvalue weighted by molar-refractivity contribution is 0.460. The molecule has 136 valence electrons. The summed E-state index contributed by atoms with van der Waals surface area (Å²) in [7, 11) is 0. The third kappa shape index (κ3) is 2.80. The minimum absolute atomic E-state index is 0.00968. The number of phenols is 1. The number of hydrogen-bond donors (Lipinski definition) is 5. The highest BCUT2D eigenvalue weighted by molar-refractivity contribution is 6.31. The van der Waals surface area contributed by atoms with Gasteiger partial charge in [-0.2, -0.15) is 10.5 Å². The number of nitrogens with one attached hydrogen (secondary N) is 2. The first-order chi connectivity index (χ1) is 12.8. The average Bonchev–Trinajstić information content (AvgIpc) is 2.60. The first-order valence-corrected chi connectivity index (χ1v) is 8.15. The zero-order valence-corrected chi connectivity index (χ0v) is 15.2. The van der Waals surface area contributed by atoms with Crippen LogP contribution in [0.5, 0.6) is 5.75 Å². The molecule has 2 heterocycles. The Balaban J connectivity index is 2.38. The van der Waals surface area contributed by atoms with Crippen molar-refractivity contribution in [2.24, 2.45) is 4.99 Å². The summed E-state index contributed by atoms with van der Waals surface area (Å²) in [5, 5.41) is 34.7. The van der Waals surface area contributed by atoms with Crippen LogP contribution < -0.4 is 22.1 Å². The standard InChI is InChI=1S/C17H15ClN8O/c1-6-3-9(18)7(2)10(14(6)27)13-11-12(21)8(4-19)15(22)25-16(11)26-17(24-13)23-5-20/h3,13,27H,1-2H3,(H6,21,22,23,24,25,26). The smallest absolute Gasteiger partial charge is 0.211 e. The molecule has 0 amide bonds. The SMILES string of the molecule is Cc1cc(Cl)c(C)c(C2N=C(NC#N)Nc3nc(N)c(C#N)c(N)c32)c1O. The van der Waals surface area contributed by atoms with E-state index in [4.69, 9.17) is 28.3 Å². The minimum atomic E-state index is -0.852. The first-order valence-electron chi connectivity index (χ1n) is 7.77. The van der Waals surface area contributed by atoms with Crippen LogP contribution in [0.3, 0.4) is 0 Å². The van der Waals surface area contributed by atoms with Crippen molar-refractivity contribution in [3.05, 3.63) is 38.9 Å². The lowest BCUT2D eigenvalue weighted by Gasteiger charge is -2.28. The fourth-order valence-corrected chi connectivity index (χ4v) is 3.28. The van der Waals surface area contributed by atoms with E-state index in [1.54, 1.807) is 26.1 Å². The molecule has 0 saturated heterocycles. The molecular formula is C17H15ClN8O. The second-order valence-electron chi connectivity index (χ2n) is 5.96. The molecule has 2 aromatic rings. The number of aromatic nitrogens is 1. The van der Waals surface area contributed by atoms with Gasteiger partial charge in [-0.1, -0.05) is 11.6 Å². The van der Waals surface area contributed by atoms with Crippen molar-refractivity contribution >= 4 is 34.9 Å². The van der Waals surface area contributed by atoms with E-state index in [0.717, 1.165) is 0 Å². The summed E-state index contributed by atoms with van der Waals surface area (Å²) in [5.41, 5.74) is 14.0. The van der Waals surface area contributed by atoms with E-state index in [2.05, 4.69) is 20.6 Å². The maximum Gasteiger partial charge on any atom is 0.211 e. The highest BCUT2D eigenvalue weighted by Gasteiger charge is 2.33. The van der Waals surface area contributed by atoms with Crippen molar-refractivity contribution in [1.29, 1.82) is 10.5 Å². The van der Waals surface area contributed by atoms with Crippen LogP contribution in [0.2, 0.25) is 5.02 Å². The molecule has 0 fully saturated rings. The molecule has 0 spiro atoms. The summed E-state index contributed by atoms with van der Waals surface area (Å²) < 4.78 is 0. The molecule has 1 aromatic heterocycles. The van der Waals surface area contributed by atoms with Gasteiger partial charge in [0.05, 0.1) is 5.69 Å². The van der Waals surface area contributed by atoms with Crippen LogP contribution in [0.4, 0.5) is 17.3 Å². The van der Waals surface area contributed by atoms with E-state index in [9.17, 15) is 10.4 Å². The number of phenolic OH excluding ortho intramolecular Hbond substituents is 1. The number of rotatable bonds is 1. The Morgan fingerprint density at radius 2 is 2.00 bits per heavy atom. The second kappa shape index (κ2) is 6.56. The van der Waals surface area contributed by atoms with Crippen LogP contribution >= 0.6 is 11.6 Å². The minimum Gasteiger partial charge on any atom is -0.507 e. The summed E-state index contributed by atoms with van der Waals surface area (Å²) >= 11 is 6.30. The van der Waals surface area contributed by atoms with Crippen molar-refractivity contribution in [2.45, 2.75) is 19.9 Å². The number of hydrogen-bond acceptors (Lipinski definition) is 9. The van der Waals surface area contributed by atoms with Gasteiger partial charge in [0.1, 0.15) is 35.1 Å². The van der Waals surface area contributed by atoms with Crippen LogP contribution in [0.25, 0.3) is 0 Å². The molecule has 1 aliphatic heterocycles. The number of halogens is 1. The van der Waals surface area contributed by atoms with Crippen LogP contribution in [0.1, 0.15) is 33.9 Å². The van der Waals surface area contributed by atoms with Crippen LogP contribution in [0, 0.1) is 36.6 Å². The molecule has 0 saturated carbocycles. The summed E-state index contributed by atoms with van der Waals surface area (Å²) in [6, 6.07) is 2.72. The number of pyridine rings is 1. The molecule has 7 N–H and O–H groups in total. The number of aryl methyl sites for hydroxylation is 1. The van der Waals surface area contributed by atoms with Crippen LogP contribution in [-0.2, 0) is 0 Å². The van der Waals surface area contributed by atoms with Gasteiger partial charge in [0.2, 0.25) is 5.96 Å². The van der Waals surface area contributed by atoms with Gasteiger partial charge in [-0.15, -0.1) is 0 Å². The van der Waals surface area contributed by atoms with Gasteiger partial charge in [0, 0.05) is 16.1 Å². The highest BCUT2D eigenvalue weighted by Crippen LogP contribution is 2.46. The predicted molar refractivity (Wildman–Crippen MR) is 102 cm³/mol. The van der Waals surface area contributed by atoms with E-state index >= 15 is 0 Å². The van der Waals surface area contributed by atoms with E-state index in [1.165, 1.54) is 0 Å². The third-order valence-electron chi connectivity index (χ3n) is 4.37. The summed E-state index contributed by atoms with van der Waals surface area (Å²) in [4.78, 5) is 8.61. The summed E-state index contributed by atoms with van der Waals surface area (Å²) in [6.45, 7) is 3.44. The Hall–Kier alpha value is -3.69. The van der Waals surface area contributed by atoms with Gasteiger partial charge in [-0.05, 0) is 31.0 Å². The Morgan fingerprint density at radius 1 is 1.30 bits per heavy atom. The fourth-order valence-electron chi connectivity index (χ4n) is 3.01. The molecular weight excluding hydrogens is 368 g/mol. The lowest BCUT2D eigenvalue weighted by atomic mass is 9.90. The number of guanidine groups is 1. The first kappa shape index (κ1) is 18.1. The molecule has 10 heteroatoms. The number of nitrogen functional groups attached to an aromatic ring is 2. The number of anilines is 3. The molecule has 9 nitrogen and oxygen atoms in total. The van der Waals surface area contributed by atoms with E-state index < -0.39 is 6.04 Å². The van der Waals surface area contributed by atoms with Crippen molar-refractivity contribution in [2.75, 3.05) is 16.8 Å². The Labute approximate surface area is 159 Å². The number of aromatic hydroxyl groups is 1. The fraction of sp³-hybridized carbons (Fsp3) is 0.176. The molecule has 0 bridgehead atoms. The number of fused-ring (bicyclic) bond motifs is 1. The molecule has 3 rings (SSSR count). The van der Waals surface area contributed by atoms with Gasteiger partial charge in [0.15, 0.2) is 6.19 Å². The summed E-state index contributed by atoms with van der Waals surface area (Å²) in [6.07, 6.45) is 1.77. The monoisotopic (exact) mass is 382 g/mol. The normalized spacial score (nSPS) is 15.0. The maximum absolute atomic E-state index is 10.7. The molecule has 1 aliphatic rings. The van der Waals surface area contributed by atoms with Gasteiger partial charge in [0.25, 0.3) is 0 Å². The van der Waals surface area contributed by atoms with Gasteiger partial charge in [-0.25, -0.2) is 9.98 Å². The molecule has 1 unspecified atom stereocenters. The number of aliphatic imine (C=N–C) groups is 1. The molecule has 0 aliphatic carbocycles. The van der Waals surface area contributed by atoms with Crippen molar-refractivity contribution in [3.8, 4) is 18.0 Å². The average molecular weight is 383 g/mol. The largest absolute Gasteiger partial charge is 0.507 e. The predicted octanol–water partition coefficient (Wildman–Crippen LogP) is 2.04. The quantitative estimate of drug-likeness (QED) is 0.368. The maximum atomic E-state index is 10.7. The molecule has 0 radical (unpaired) electrons. The van der Waals surface area contributed by atoms with Crippen molar-refractivity contribution < 1.29 is 5.11 Å². The highest BCUT2D eigenvalue weighted by atomic mass is 35.5. The molecule has 27 heavy (non-hydrogen) atoms. The van der Waals surface area contributed by atoms with Crippen LogP contribution in [-0.4, -0.2) is 16.1 Å². The number of nitriles is 2. The molecule has 1 atom stereocenters. The number of nitrogens with two attached hydrogens (primary N) is 2. The molecule has 1 aromatic carbocycles. The zero-order chi connectivity index (χ0) is 19.9.